The zero-order chi connectivity index (χ0) is 38.8. The SMILES string of the molecule is CCCCCCCCCCCCCCCCCCO[C@@H]1[C@@H](OCCCCCCCCCCCCCCCCCC)CO[C@@H]1COC(=O)C1(C)CCN(C)C1. The van der Waals surface area contributed by atoms with E-state index in [0.717, 1.165) is 45.6 Å². The van der Waals surface area contributed by atoms with Gasteiger partial charge in [-0.2, -0.15) is 0 Å². The Bertz CT molecular complexity index is 840. The predicted molar refractivity (Wildman–Crippen MR) is 229 cm³/mol. The Kier molecular flexibility index (Phi) is 31.5. The van der Waals surface area contributed by atoms with Gasteiger partial charge in [-0.1, -0.05) is 206 Å². The van der Waals surface area contributed by atoms with Gasteiger partial charge in [0, 0.05) is 19.8 Å². The molecule has 4 atom stereocenters. The van der Waals surface area contributed by atoms with E-state index in [0.29, 0.717) is 6.61 Å². The van der Waals surface area contributed by atoms with E-state index in [-0.39, 0.29) is 30.9 Å². The van der Waals surface area contributed by atoms with Gasteiger partial charge in [0.1, 0.15) is 24.9 Å². The lowest BCUT2D eigenvalue weighted by Crippen LogP contribution is -2.40. The molecule has 2 aliphatic heterocycles. The second kappa shape index (κ2) is 34.4. The van der Waals surface area contributed by atoms with E-state index >= 15 is 0 Å². The van der Waals surface area contributed by atoms with Gasteiger partial charge in [-0.15, -0.1) is 0 Å². The highest BCUT2D eigenvalue weighted by Crippen LogP contribution is 2.31. The van der Waals surface area contributed by atoms with Crippen LogP contribution in [0.3, 0.4) is 0 Å². The summed E-state index contributed by atoms with van der Waals surface area (Å²) in [5.74, 6) is -0.107. The van der Waals surface area contributed by atoms with Crippen molar-refractivity contribution >= 4 is 5.97 Å². The van der Waals surface area contributed by atoms with E-state index in [4.69, 9.17) is 18.9 Å². The molecule has 0 amide bonds. The van der Waals surface area contributed by atoms with Crippen LogP contribution in [-0.4, -0.2) is 75.7 Å². The van der Waals surface area contributed by atoms with Crippen LogP contribution in [-0.2, 0) is 23.7 Å². The summed E-state index contributed by atoms with van der Waals surface area (Å²) >= 11 is 0. The lowest BCUT2D eigenvalue weighted by molar-refractivity contribution is -0.160. The van der Waals surface area contributed by atoms with Crippen LogP contribution in [0.15, 0.2) is 0 Å². The summed E-state index contributed by atoms with van der Waals surface area (Å²) < 4.78 is 24.9. The Morgan fingerprint density at radius 3 is 1.31 bits per heavy atom. The van der Waals surface area contributed by atoms with Crippen molar-refractivity contribution in [3.05, 3.63) is 0 Å². The molecular formula is C48H93NO5. The number of hydrogen-bond donors (Lipinski definition) is 0. The van der Waals surface area contributed by atoms with Gasteiger partial charge in [-0.05, 0) is 39.8 Å². The fraction of sp³-hybridized carbons (Fsp3) is 0.979. The Labute approximate surface area is 336 Å². The molecule has 2 fully saturated rings. The number of esters is 1. The Balaban J connectivity index is 1.55. The summed E-state index contributed by atoms with van der Waals surface area (Å²) in [7, 11) is 2.07. The number of unbranched alkanes of at least 4 members (excludes halogenated alkanes) is 30. The van der Waals surface area contributed by atoms with Gasteiger partial charge in [0.2, 0.25) is 0 Å². The number of carbonyl (C=O) groups is 1. The fourth-order valence-corrected chi connectivity index (χ4v) is 8.59. The second-order valence-corrected chi connectivity index (χ2v) is 17.9. The third-order valence-electron chi connectivity index (χ3n) is 12.4. The quantitative estimate of drug-likeness (QED) is 0.0459. The maximum atomic E-state index is 13.1. The molecule has 0 aromatic carbocycles. The van der Waals surface area contributed by atoms with Crippen LogP contribution in [0, 0.1) is 5.41 Å². The van der Waals surface area contributed by atoms with Gasteiger partial charge in [-0.3, -0.25) is 4.79 Å². The summed E-state index contributed by atoms with van der Waals surface area (Å²) in [6.45, 7) is 10.6. The summed E-state index contributed by atoms with van der Waals surface area (Å²) in [6.07, 6.45) is 44.1. The standard InChI is InChI=1S/C48H93NO5/c1-5-7-9-11-13-15-17-19-21-23-25-27-29-31-33-35-39-51-44-41-53-45(42-54-47(50)48(3)37-38-49(4)43-48)46(44)52-40-36-34-32-30-28-26-24-22-20-18-16-14-12-10-8-6-2/h44-46H,5-43H2,1-4H3/t44-,45+,46+,48?/m0/s1. The number of likely N-dealkylation sites (tertiary alicyclic amines) is 1. The van der Waals surface area contributed by atoms with Crippen molar-refractivity contribution in [1.29, 1.82) is 0 Å². The lowest BCUT2D eigenvalue weighted by atomic mass is 9.90. The molecule has 2 heterocycles. The Morgan fingerprint density at radius 1 is 0.574 bits per heavy atom. The molecule has 0 saturated carbocycles. The maximum Gasteiger partial charge on any atom is 0.313 e. The fourth-order valence-electron chi connectivity index (χ4n) is 8.59. The molecule has 0 aromatic rings. The van der Waals surface area contributed by atoms with Crippen LogP contribution in [0.25, 0.3) is 0 Å². The zero-order valence-corrected chi connectivity index (χ0v) is 36.8. The average molecular weight is 764 g/mol. The molecule has 2 rings (SSSR count). The second-order valence-electron chi connectivity index (χ2n) is 17.9. The van der Waals surface area contributed by atoms with E-state index in [1.165, 1.54) is 193 Å². The van der Waals surface area contributed by atoms with Gasteiger partial charge in [-0.25, -0.2) is 0 Å². The highest BCUT2D eigenvalue weighted by molar-refractivity contribution is 5.77. The van der Waals surface area contributed by atoms with Gasteiger partial charge in [0.25, 0.3) is 0 Å². The number of carbonyl (C=O) groups excluding carboxylic acids is 1. The Hall–Kier alpha value is -0.690. The molecule has 2 saturated heterocycles. The van der Waals surface area contributed by atoms with Crippen molar-refractivity contribution in [2.45, 2.75) is 251 Å². The zero-order valence-electron chi connectivity index (χ0n) is 36.8. The van der Waals surface area contributed by atoms with Crippen LogP contribution >= 0.6 is 0 Å². The largest absolute Gasteiger partial charge is 0.462 e. The first-order valence-electron chi connectivity index (χ1n) is 24.2. The summed E-state index contributed by atoms with van der Waals surface area (Å²) in [6, 6.07) is 0. The molecule has 6 nitrogen and oxygen atoms in total. The number of hydrogen-bond acceptors (Lipinski definition) is 6. The van der Waals surface area contributed by atoms with Crippen molar-refractivity contribution in [2.24, 2.45) is 5.41 Å². The van der Waals surface area contributed by atoms with Gasteiger partial charge >= 0.3 is 5.97 Å². The molecule has 2 aliphatic rings. The van der Waals surface area contributed by atoms with Crippen LogP contribution in [0.1, 0.15) is 233 Å². The third kappa shape index (κ3) is 24.8. The molecule has 320 valence electrons. The molecule has 0 aliphatic carbocycles. The summed E-state index contributed by atoms with van der Waals surface area (Å²) in [5.41, 5.74) is -0.430. The van der Waals surface area contributed by atoms with Crippen LogP contribution in [0.4, 0.5) is 0 Å². The van der Waals surface area contributed by atoms with E-state index in [1.807, 2.05) is 6.92 Å². The lowest BCUT2D eigenvalue weighted by Gasteiger charge is -2.26. The van der Waals surface area contributed by atoms with Crippen LogP contribution in [0.5, 0.6) is 0 Å². The minimum Gasteiger partial charge on any atom is -0.462 e. The van der Waals surface area contributed by atoms with Crippen molar-refractivity contribution in [3.63, 3.8) is 0 Å². The minimum atomic E-state index is -0.430. The van der Waals surface area contributed by atoms with Gasteiger partial charge < -0.3 is 23.8 Å². The van der Waals surface area contributed by atoms with E-state index in [1.54, 1.807) is 0 Å². The highest BCUT2D eigenvalue weighted by Gasteiger charge is 2.43. The molecule has 0 bridgehead atoms. The smallest absolute Gasteiger partial charge is 0.313 e. The normalized spacial score (nSPS) is 21.7. The Morgan fingerprint density at radius 2 is 0.944 bits per heavy atom. The monoisotopic (exact) mass is 764 g/mol. The van der Waals surface area contributed by atoms with Gasteiger partial charge in [0.15, 0.2) is 0 Å². The molecule has 0 aromatic heterocycles. The molecular weight excluding hydrogens is 671 g/mol. The van der Waals surface area contributed by atoms with Gasteiger partial charge in [0.05, 0.1) is 12.0 Å². The highest BCUT2D eigenvalue weighted by atomic mass is 16.6. The first kappa shape index (κ1) is 49.5. The first-order chi connectivity index (χ1) is 26.5. The molecule has 0 spiro atoms. The van der Waals surface area contributed by atoms with Crippen LogP contribution in [0.2, 0.25) is 0 Å². The molecule has 54 heavy (non-hydrogen) atoms. The van der Waals surface area contributed by atoms with E-state index in [9.17, 15) is 4.79 Å². The van der Waals surface area contributed by atoms with Crippen molar-refractivity contribution in [2.75, 3.05) is 46.6 Å². The van der Waals surface area contributed by atoms with E-state index in [2.05, 4.69) is 25.8 Å². The van der Waals surface area contributed by atoms with Crippen molar-refractivity contribution in [1.82, 2.24) is 4.90 Å². The number of ether oxygens (including phenoxy) is 4. The number of nitrogens with zero attached hydrogens (tertiary/aromatic N) is 1. The molecule has 6 heteroatoms. The molecule has 0 N–H and O–H groups in total. The topological polar surface area (TPSA) is 57.2 Å². The molecule has 1 unspecified atom stereocenters. The van der Waals surface area contributed by atoms with Crippen molar-refractivity contribution < 1.29 is 23.7 Å². The first-order valence-corrected chi connectivity index (χ1v) is 24.2. The van der Waals surface area contributed by atoms with E-state index < -0.39 is 5.41 Å². The maximum absolute atomic E-state index is 13.1. The average Bonchev–Trinajstić information content (AvgIpc) is 3.74. The van der Waals surface area contributed by atoms with Crippen molar-refractivity contribution in [3.8, 4) is 0 Å². The third-order valence-corrected chi connectivity index (χ3v) is 12.4. The van der Waals surface area contributed by atoms with Crippen LogP contribution < -0.4 is 0 Å². The minimum absolute atomic E-state index is 0.0840. The predicted octanol–water partition coefficient (Wildman–Crippen LogP) is 13.6. The molecule has 0 radical (unpaired) electrons. The summed E-state index contributed by atoms with van der Waals surface area (Å²) in [4.78, 5) is 15.3. The summed E-state index contributed by atoms with van der Waals surface area (Å²) in [5, 5.41) is 0. The number of rotatable bonds is 39.